The minimum atomic E-state index is -1.44. The molecule has 10 atom stereocenters. The van der Waals surface area contributed by atoms with Crippen molar-refractivity contribution in [2.24, 2.45) is 50.2 Å². The van der Waals surface area contributed by atoms with Crippen molar-refractivity contribution < 1.29 is 29.0 Å². The van der Waals surface area contributed by atoms with E-state index in [0.717, 1.165) is 31.3 Å². The van der Waals surface area contributed by atoms with Gasteiger partial charge in [-0.1, -0.05) is 47.1 Å². The quantitative estimate of drug-likeness (QED) is 0.405. The second-order valence-corrected chi connectivity index (χ2v) is 15.4. The molecule has 0 unspecified atom stereocenters. The van der Waals surface area contributed by atoms with Gasteiger partial charge >= 0.3 is 5.97 Å². The molecule has 1 heterocycles. The van der Waals surface area contributed by atoms with Crippen molar-refractivity contribution in [2.45, 2.75) is 98.2 Å². The van der Waals surface area contributed by atoms with Gasteiger partial charge in [-0.25, -0.2) is 0 Å². The Morgan fingerprint density at radius 3 is 2.38 bits per heavy atom. The first kappa shape index (κ1) is 27.1. The van der Waals surface area contributed by atoms with Gasteiger partial charge in [0.15, 0.2) is 11.6 Å². The Kier molecular flexibility index (Phi) is 5.30. The van der Waals surface area contributed by atoms with Gasteiger partial charge in [-0.15, -0.1) is 0 Å². The number of Topliss-reactive ketones (excluding diaryl/α,β-unsaturated/α-hetero) is 1. The normalized spacial score (nSPS) is 53.1. The van der Waals surface area contributed by atoms with E-state index in [2.05, 4.69) is 33.8 Å². The van der Waals surface area contributed by atoms with Crippen LogP contribution in [0.2, 0.25) is 0 Å². The Morgan fingerprint density at radius 2 is 1.77 bits per heavy atom. The van der Waals surface area contributed by atoms with Crippen molar-refractivity contribution in [2.75, 3.05) is 13.7 Å². The number of hydrogen-bond donors (Lipinski definition) is 1. The van der Waals surface area contributed by atoms with Crippen molar-refractivity contribution in [1.82, 2.24) is 0 Å². The van der Waals surface area contributed by atoms with Gasteiger partial charge in [0.1, 0.15) is 12.2 Å². The highest BCUT2D eigenvalue weighted by molar-refractivity contribution is 6.01. The van der Waals surface area contributed by atoms with Gasteiger partial charge in [0.05, 0.1) is 12.5 Å². The molecule has 5 aliphatic carbocycles. The summed E-state index contributed by atoms with van der Waals surface area (Å²) in [6, 6.07) is 2.22. The molecule has 0 aromatic heterocycles. The van der Waals surface area contributed by atoms with Crippen LogP contribution >= 0.6 is 0 Å². The van der Waals surface area contributed by atoms with E-state index in [-0.39, 0.29) is 52.7 Å². The van der Waals surface area contributed by atoms with E-state index < -0.39 is 33.4 Å². The molecular formula is C32H43NO6. The van der Waals surface area contributed by atoms with Crippen LogP contribution in [0, 0.1) is 61.6 Å². The molecule has 0 aromatic rings. The number of esters is 1. The molecule has 7 nitrogen and oxygen atoms in total. The van der Waals surface area contributed by atoms with Crippen molar-refractivity contribution in [1.29, 1.82) is 5.26 Å². The van der Waals surface area contributed by atoms with E-state index in [1.165, 1.54) is 7.11 Å². The fourth-order valence-corrected chi connectivity index (χ4v) is 11.1. The molecule has 0 bridgehead atoms. The molecule has 0 amide bonds. The minimum Gasteiger partial charge on any atom is -0.469 e. The first-order valence-electron chi connectivity index (χ1n) is 14.7. The SMILES string of the molecule is COC(=O)[C@]12CC[C@](C)(CO)C[C@H]1[C@H]1C(=O)C=C3[C@@]4(C)[C@H]5O[C@@]5(C#N)C(=O)C(C)(C)[C@@H]4CC[C@@]3(C)[C@]1(C)CC2. The molecule has 212 valence electrons. The van der Waals surface area contributed by atoms with Crippen molar-refractivity contribution in [3.8, 4) is 6.07 Å². The van der Waals surface area contributed by atoms with Crippen LogP contribution in [-0.2, 0) is 23.9 Å². The van der Waals surface area contributed by atoms with Gasteiger partial charge in [-0.2, -0.15) is 5.26 Å². The van der Waals surface area contributed by atoms with Crippen molar-refractivity contribution >= 4 is 17.5 Å². The van der Waals surface area contributed by atoms with Crippen LogP contribution in [0.5, 0.6) is 0 Å². The third-order valence-electron chi connectivity index (χ3n) is 13.6. The first-order valence-corrected chi connectivity index (χ1v) is 14.7. The Balaban J connectivity index is 1.52. The lowest BCUT2D eigenvalue weighted by Gasteiger charge is -2.69. The standard InChI is InChI=1S/C32H43NO6/c1-26(2)20-8-9-28(4)21(30(20,6)24-32(16-33,39-24)23(26)36)14-19(35)22-18-15-27(3,17-34)10-12-31(18,25(37)38-7)13-11-29(22,28)5/h14,18,20,22,24,34H,8-13,15,17H2,1-7H3/t18-,20-,22-,24+,27-,28+,29+,30-,31-,32-/m0/s1. The van der Waals surface area contributed by atoms with Gasteiger partial charge in [-0.3, -0.25) is 14.4 Å². The fraction of sp³-hybridized carbons (Fsp3) is 0.812. The van der Waals surface area contributed by atoms with Crippen LogP contribution in [-0.4, -0.2) is 48.1 Å². The van der Waals surface area contributed by atoms with E-state index in [1.54, 1.807) is 0 Å². The molecule has 6 aliphatic rings. The lowest BCUT2D eigenvalue weighted by Crippen LogP contribution is -2.68. The van der Waals surface area contributed by atoms with Crippen LogP contribution in [0.25, 0.3) is 0 Å². The molecule has 5 fully saturated rings. The molecule has 1 N–H and O–H groups in total. The summed E-state index contributed by atoms with van der Waals surface area (Å²) in [4.78, 5) is 41.4. The molecule has 7 heteroatoms. The van der Waals surface area contributed by atoms with Crippen molar-refractivity contribution in [3.63, 3.8) is 0 Å². The molecule has 6 rings (SSSR count). The average molecular weight is 538 g/mol. The van der Waals surface area contributed by atoms with Gasteiger partial charge in [0.2, 0.25) is 5.60 Å². The van der Waals surface area contributed by atoms with Crippen LogP contribution in [0.1, 0.15) is 86.5 Å². The zero-order valence-corrected chi connectivity index (χ0v) is 24.5. The zero-order valence-electron chi connectivity index (χ0n) is 24.5. The van der Waals surface area contributed by atoms with Gasteiger partial charge < -0.3 is 14.6 Å². The van der Waals surface area contributed by atoms with Gasteiger partial charge in [0.25, 0.3) is 0 Å². The van der Waals surface area contributed by atoms with Crippen LogP contribution < -0.4 is 0 Å². The Morgan fingerprint density at radius 1 is 1.10 bits per heavy atom. The van der Waals surface area contributed by atoms with E-state index in [9.17, 15) is 24.8 Å². The molecule has 1 aliphatic heterocycles. The largest absolute Gasteiger partial charge is 0.469 e. The maximum Gasteiger partial charge on any atom is 0.312 e. The van der Waals surface area contributed by atoms with Crippen LogP contribution in [0.15, 0.2) is 11.6 Å². The number of aliphatic hydroxyl groups is 1. The number of ether oxygens (including phenoxy) is 2. The third kappa shape index (κ3) is 2.83. The van der Waals surface area contributed by atoms with E-state index in [4.69, 9.17) is 9.47 Å². The first-order chi connectivity index (χ1) is 18.1. The Bertz CT molecular complexity index is 1260. The van der Waals surface area contributed by atoms with E-state index in [0.29, 0.717) is 19.3 Å². The van der Waals surface area contributed by atoms with Crippen LogP contribution in [0.4, 0.5) is 0 Å². The Labute approximate surface area is 231 Å². The number of nitriles is 1. The summed E-state index contributed by atoms with van der Waals surface area (Å²) in [6.45, 7) is 12.6. The maximum atomic E-state index is 14.5. The summed E-state index contributed by atoms with van der Waals surface area (Å²) in [7, 11) is 1.44. The monoisotopic (exact) mass is 537 g/mol. The lowest BCUT2D eigenvalue weighted by molar-refractivity contribution is -0.194. The fourth-order valence-electron chi connectivity index (χ4n) is 11.1. The number of epoxide rings is 1. The molecule has 0 aromatic carbocycles. The molecular weight excluding hydrogens is 494 g/mol. The van der Waals surface area contributed by atoms with E-state index >= 15 is 0 Å². The highest BCUT2D eigenvalue weighted by atomic mass is 16.6. The predicted molar refractivity (Wildman–Crippen MR) is 142 cm³/mol. The number of hydrogen-bond acceptors (Lipinski definition) is 7. The minimum absolute atomic E-state index is 0.0227. The topological polar surface area (TPSA) is 117 Å². The molecule has 4 saturated carbocycles. The number of nitrogens with zero attached hydrogens (tertiary/aromatic N) is 1. The summed E-state index contributed by atoms with van der Waals surface area (Å²) in [5.41, 5.74) is -3.63. The number of fused-ring (bicyclic) bond motifs is 9. The van der Waals surface area contributed by atoms with E-state index in [1.807, 2.05) is 19.9 Å². The molecule has 0 spiro atoms. The predicted octanol–water partition coefficient (Wildman–Crippen LogP) is 4.56. The van der Waals surface area contributed by atoms with Crippen molar-refractivity contribution in [3.05, 3.63) is 11.6 Å². The molecule has 1 saturated heterocycles. The number of carbonyl (C=O) groups is 3. The highest BCUT2D eigenvalue weighted by Gasteiger charge is 2.82. The third-order valence-corrected chi connectivity index (χ3v) is 13.6. The lowest BCUT2D eigenvalue weighted by atomic mass is 9.33. The number of aliphatic hydroxyl groups excluding tert-OH is 1. The molecule has 0 radical (unpaired) electrons. The number of rotatable bonds is 2. The summed E-state index contributed by atoms with van der Waals surface area (Å²) in [5, 5.41) is 20.4. The zero-order chi connectivity index (χ0) is 28.6. The van der Waals surface area contributed by atoms with Crippen LogP contribution in [0.3, 0.4) is 0 Å². The second kappa shape index (κ2) is 7.62. The average Bonchev–Trinajstić information content (AvgIpc) is 3.66. The number of carbonyl (C=O) groups excluding carboxylic acids is 3. The summed E-state index contributed by atoms with van der Waals surface area (Å²) >= 11 is 0. The maximum absolute atomic E-state index is 14.5. The smallest absolute Gasteiger partial charge is 0.312 e. The number of methoxy groups -OCH3 is 1. The highest BCUT2D eigenvalue weighted by Crippen LogP contribution is 2.77. The molecule has 39 heavy (non-hydrogen) atoms. The number of allylic oxidation sites excluding steroid dienone is 1. The summed E-state index contributed by atoms with van der Waals surface area (Å²) in [6.07, 6.45) is 6.25. The van der Waals surface area contributed by atoms with Gasteiger partial charge in [0, 0.05) is 23.4 Å². The van der Waals surface area contributed by atoms with Gasteiger partial charge in [-0.05, 0) is 79.1 Å². The summed E-state index contributed by atoms with van der Waals surface area (Å²) < 4.78 is 11.5. The number of ketones is 2. The summed E-state index contributed by atoms with van der Waals surface area (Å²) in [5.74, 6) is -0.956. The Hall–Kier alpha value is -2.04. The second-order valence-electron chi connectivity index (χ2n) is 15.4.